The second kappa shape index (κ2) is 4.92. The van der Waals surface area contributed by atoms with Gasteiger partial charge in [0, 0.05) is 0 Å². The summed E-state index contributed by atoms with van der Waals surface area (Å²) < 4.78 is 40.2. The van der Waals surface area contributed by atoms with Crippen LogP contribution in [0.3, 0.4) is 0 Å². The van der Waals surface area contributed by atoms with Gasteiger partial charge < -0.3 is 0 Å². The van der Waals surface area contributed by atoms with E-state index in [2.05, 4.69) is 11.2 Å². The second-order valence-electron chi connectivity index (χ2n) is 5.09. The third kappa shape index (κ3) is 2.40. The van der Waals surface area contributed by atoms with E-state index < -0.39 is 11.7 Å². The van der Waals surface area contributed by atoms with Crippen LogP contribution in [-0.4, -0.2) is 9.78 Å². The largest absolute Gasteiger partial charge is 0.416 e. The Morgan fingerprint density at radius 2 is 2.14 bits per heavy atom. The van der Waals surface area contributed by atoms with Gasteiger partial charge in [0.15, 0.2) is 0 Å². The zero-order valence-electron chi connectivity index (χ0n) is 11.1. The van der Waals surface area contributed by atoms with Crippen LogP contribution in [0.4, 0.5) is 13.2 Å². The number of nitriles is 1. The molecule has 0 N–H and O–H groups in total. The van der Waals surface area contributed by atoms with E-state index in [0.717, 1.165) is 31.0 Å². The van der Waals surface area contributed by atoms with Crippen molar-refractivity contribution in [1.29, 1.82) is 5.26 Å². The number of nitrogens with zero attached hydrogens (tertiary/aromatic N) is 3. The molecule has 1 aliphatic rings. The molecule has 2 heterocycles. The van der Waals surface area contributed by atoms with Crippen molar-refractivity contribution in [3.8, 4) is 6.07 Å². The van der Waals surface area contributed by atoms with Crippen molar-refractivity contribution in [1.82, 2.24) is 9.78 Å². The molecule has 0 radical (unpaired) electrons. The average molecular weight is 291 g/mol. The molecule has 1 atom stereocenters. The lowest BCUT2D eigenvalue weighted by Gasteiger charge is -2.25. The molecule has 1 aromatic carbocycles. The predicted molar refractivity (Wildman–Crippen MR) is 69.5 cm³/mol. The lowest BCUT2D eigenvalue weighted by atomic mass is 9.94. The smallest absolute Gasteiger partial charge is 0.261 e. The van der Waals surface area contributed by atoms with E-state index >= 15 is 0 Å². The molecule has 1 aromatic heterocycles. The third-order valence-electron chi connectivity index (χ3n) is 3.80. The van der Waals surface area contributed by atoms with Crippen LogP contribution in [0.2, 0.25) is 0 Å². The van der Waals surface area contributed by atoms with Crippen LogP contribution in [0, 0.1) is 11.3 Å². The molecule has 0 bridgehead atoms. The van der Waals surface area contributed by atoms with Crippen LogP contribution in [0.5, 0.6) is 0 Å². The second-order valence-corrected chi connectivity index (χ2v) is 5.09. The first-order valence-corrected chi connectivity index (χ1v) is 6.64. The van der Waals surface area contributed by atoms with Crippen molar-refractivity contribution in [2.45, 2.75) is 31.5 Å². The van der Waals surface area contributed by atoms with Crippen LogP contribution in [-0.2, 0) is 12.6 Å². The van der Waals surface area contributed by atoms with Gasteiger partial charge in [0.2, 0.25) is 0 Å². The van der Waals surface area contributed by atoms with Gasteiger partial charge in [-0.15, -0.1) is 0 Å². The van der Waals surface area contributed by atoms with Gasteiger partial charge in [-0.3, -0.25) is 4.68 Å². The van der Waals surface area contributed by atoms with Crippen LogP contribution < -0.4 is 0 Å². The van der Waals surface area contributed by atoms with Gasteiger partial charge in [0.25, 0.3) is 0 Å². The molecule has 3 nitrogen and oxygen atoms in total. The van der Waals surface area contributed by atoms with E-state index in [4.69, 9.17) is 5.26 Å². The summed E-state index contributed by atoms with van der Waals surface area (Å²) in [5.74, 6) is 0. The molecule has 1 aliphatic heterocycles. The summed E-state index contributed by atoms with van der Waals surface area (Å²) in [5, 5.41) is 13.2. The number of benzene rings is 1. The Bertz CT molecular complexity index is 710. The summed E-state index contributed by atoms with van der Waals surface area (Å²) in [7, 11) is 0. The van der Waals surface area contributed by atoms with Gasteiger partial charge in [0.1, 0.15) is 6.07 Å². The molecule has 0 saturated heterocycles. The number of hydrogen-bond acceptors (Lipinski definition) is 2. The summed E-state index contributed by atoms with van der Waals surface area (Å²) in [4.78, 5) is 0. The first kappa shape index (κ1) is 13.7. The van der Waals surface area contributed by atoms with Gasteiger partial charge in [-0.1, -0.05) is 12.1 Å². The maximum Gasteiger partial charge on any atom is 0.416 e. The summed E-state index contributed by atoms with van der Waals surface area (Å²) in [6.07, 6.45) is -0.572. The molecule has 108 valence electrons. The monoisotopic (exact) mass is 291 g/mol. The maximum absolute atomic E-state index is 12.8. The SMILES string of the molecule is N#Cc1cnn2c1CCCC2c1cccc(C(F)(F)F)c1. The summed E-state index contributed by atoms with van der Waals surface area (Å²) in [5.41, 5.74) is 1.25. The number of rotatable bonds is 1. The van der Waals surface area contributed by atoms with Gasteiger partial charge in [-0.25, -0.2) is 0 Å². The maximum atomic E-state index is 12.8. The lowest BCUT2D eigenvalue weighted by Crippen LogP contribution is -2.20. The molecule has 1 unspecified atom stereocenters. The standard InChI is InChI=1S/C15H12F3N3/c16-15(17,18)12-4-1-3-10(7-12)13-5-2-6-14-11(8-19)9-20-21(13)14/h1,3-4,7,9,13H,2,5-6H2. The molecule has 21 heavy (non-hydrogen) atoms. The van der Waals surface area contributed by atoms with Gasteiger partial charge in [0.05, 0.1) is 29.1 Å². The molecule has 0 saturated carbocycles. The highest BCUT2D eigenvalue weighted by Crippen LogP contribution is 2.35. The van der Waals surface area contributed by atoms with Crippen LogP contribution in [0.25, 0.3) is 0 Å². The topological polar surface area (TPSA) is 41.6 Å². The van der Waals surface area contributed by atoms with Crippen molar-refractivity contribution in [2.75, 3.05) is 0 Å². The van der Waals surface area contributed by atoms with Gasteiger partial charge in [-0.2, -0.15) is 23.5 Å². The molecular formula is C15H12F3N3. The van der Waals surface area contributed by atoms with Crippen molar-refractivity contribution in [3.05, 3.63) is 52.8 Å². The molecular weight excluding hydrogens is 279 g/mol. The predicted octanol–water partition coefficient (Wildman–Crippen LogP) is 3.70. The number of fused-ring (bicyclic) bond motifs is 1. The Morgan fingerprint density at radius 1 is 1.33 bits per heavy atom. The number of aromatic nitrogens is 2. The van der Waals surface area contributed by atoms with E-state index in [-0.39, 0.29) is 6.04 Å². The van der Waals surface area contributed by atoms with E-state index in [9.17, 15) is 13.2 Å². The molecule has 0 spiro atoms. The molecule has 0 fully saturated rings. The van der Waals surface area contributed by atoms with Crippen LogP contribution in [0.15, 0.2) is 30.5 Å². The van der Waals surface area contributed by atoms with E-state index in [1.807, 2.05) is 0 Å². The van der Waals surface area contributed by atoms with Crippen molar-refractivity contribution in [3.63, 3.8) is 0 Å². The minimum atomic E-state index is -4.35. The fourth-order valence-corrected chi connectivity index (χ4v) is 2.81. The molecule has 0 aliphatic carbocycles. The Kier molecular flexibility index (Phi) is 3.20. The number of alkyl halides is 3. The zero-order valence-corrected chi connectivity index (χ0v) is 11.1. The number of halogens is 3. The van der Waals surface area contributed by atoms with E-state index in [0.29, 0.717) is 11.1 Å². The third-order valence-corrected chi connectivity index (χ3v) is 3.80. The van der Waals surface area contributed by atoms with Crippen LogP contribution in [0.1, 0.15) is 41.3 Å². The first-order valence-electron chi connectivity index (χ1n) is 6.64. The fourth-order valence-electron chi connectivity index (χ4n) is 2.81. The Hall–Kier alpha value is -2.29. The van der Waals surface area contributed by atoms with Crippen molar-refractivity contribution >= 4 is 0 Å². The van der Waals surface area contributed by atoms with E-state index in [1.165, 1.54) is 18.3 Å². The van der Waals surface area contributed by atoms with Gasteiger partial charge >= 0.3 is 6.18 Å². The van der Waals surface area contributed by atoms with Gasteiger partial charge in [-0.05, 0) is 37.0 Å². The Morgan fingerprint density at radius 3 is 2.86 bits per heavy atom. The Balaban J connectivity index is 2.04. The minimum absolute atomic E-state index is 0.238. The zero-order chi connectivity index (χ0) is 15.0. The molecule has 0 amide bonds. The summed E-state index contributed by atoms with van der Waals surface area (Å²) in [6, 6.07) is 7.18. The molecule has 6 heteroatoms. The lowest BCUT2D eigenvalue weighted by molar-refractivity contribution is -0.137. The normalized spacial score (nSPS) is 18.1. The Labute approximate surface area is 119 Å². The minimum Gasteiger partial charge on any atom is -0.261 e. The molecule has 2 aromatic rings. The highest BCUT2D eigenvalue weighted by atomic mass is 19.4. The summed E-state index contributed by atoms with van der Waals surface area (Å²) in [6.45, 7) is 0. The van der Waals surface area contributed by atoms with Crippen LogP contribution >= 0.6 is 0 Å². The average Bonchev–Trinajstić information content (AvgIpc) is 2.89. The highest BCUT2D eigenvalue weighted by Gasteiger charge is 2.32. The van der Waals surface area contributed by atoms with E-state index in [1.54, 1.807) is 10.7 Å². The van der Waals surface area contributed by atoms with Crippen molar-refractivity contribution in [2.24, 2.45) is 0 Å². The summed E-state index contributed by atoms with van der Waals surface area (Å²) >= 11 is 0. The highest BCUT2D eigenvalue weighted by molar-refractivity contribution is 5.35. The first-order chi connectivity index (χ1) is 10.0. The van der Waals surface area contributed by atoms with Crippen molar-refractivity contribution < 1.29 is 13.2 Å². The quantitative estimate of drug-likeness (QED) is 0.804. The molecule has 3 rings (SSSR count). The fraction of sp³-hybridized carbons (Fsp3) is 0.333. The number of hydrogen-bond donors (Lipinski definition) is 0.